The number of nitrogens with one attached hydrogen (secondary N) is 2. The van der Waals surface area contributed by atoms with Crippen LogP contribution in [0.5, 0.6) is 0 Å². The number of imidazole rings is 1. The Morgan fingerprint density at radius 2 is 1.90 bits per heavy atom. The third-order valence-corrected chi connectivity index (χ3v) is 9.00. The Bertz CT molecular complexity index is 1430. The summed E-state index contributed by atoms with van der Waals surface area (Å²) in [5, 5.41) is 14.6. The largest absolute Gasteiger partial charge is 0.393 e. The van der Waals surface area contributed by atoms with E-state index < -0.39 is 36.4 Å². The number of aryl methyl sites for hydroxylation is 1. The van der Waals surface area contributed by atoms with E-state index in [2.05, 4.69) is 15.7 Å². The summed E-state index contributed by atoms with van der Waals surface area (Å²) in [7, 11) is 1.45. The first kappa shape index (κ1) is 28.6. The van der Waals surface area contributed by atoms with Crippen molar-refractivity contribution in [2.75, 3.05) is 20.3 Å². The number of fused-ring (bicyclic) bond motifs is 1. The Morgan fingerprint density at radius 1 is 1.17 bits per heavy atom. The van der Waals surface area contributed by atoms with E-state index in [0.717, 1.165) is 25.7 Å². The first-order valence-electron chi connectivity index (χ1n) is 14.7. The SMILES string of the molecule is CCn1nccc1C(=O)N[C@H](c1cn2nc(C(COC)C3C[C@@H](C(F)(F)F)CNC3=O)ccc2n1)C(C1CC1)C1CC1. The normalized spacial score (nSPS) is 22.8. The molecule has 226 valence electrons. The Balaban J connectivity index is 1.32. The third-order valence-electron chi connectivity index (χ3n) is 9.00. The molecule has 3 aromatic rings. The molecule has 13 heteroatoms. The Kier molecular flexibility index (Phi) is 7.71. The number of ether oxygens (including phenoxy) is 1. The van der Waals surface area contributed by atoms with E-state index in [-0.39, 0.29) is 30.9 Å². The van der Waals surface area contributed by atoms with Crippen LogP contribution in [0.1, 0.15) is 72.9 Å². The highest BCUT2D eigenvalue weighted by Gasteiger charge is 2.48. The van der Waals surface area contributed by atoms with Gasteiger partial charge in [0, 0.05) is 38.2 Å². The van der Waals surface area contributed by atoms with Crippen molar-refractivity contribution in [3.8, 4) is 0 Å². The number of carbonyl (C=O) groups is 2. The number of methoxy groups -OCH3 is 1. The minimum atomic E-state index is -4.41. The van der Waals surface area contributed by atoms with Gasteiger partial charge in [0.25, 0.3) is 5.91 Å². The van der Waals surface area contributed by atoms with Crippen LogP contribution in [0.3, 0.4) is 0 Å². The summed E-state index contributed by atoms with van der Waals surface area (Å²) < 4.78 is 49.2. The van der Waals surface area contributed by atoms with Crippen molar-refractivity contribution in [3.63, 3.8) is 0 Å². The second-order valence-electron chi connectivity index (χ2n) is 11.9. The van der Waals surface area contributed by atoms with Gasteiger partial charge in [-0.25, -0.2) is 9.50 Å². The zero-order valence-electron chi connectivity index (χ0n) is 23.7. The lowest BCUT2D eigenvalue weighted by atomic mass is 9.79. The summed E-state index contributed by atoms with van der Waals surface area (Å²) in [5.74, 6) is -2.60. The highest BCUT2D eigenvalue weighted by molar-refractivity contribution is 5.92. The molecule has 1 saturated heterocycles. The number of piperidine rings is 1. The number of alkyl halides is 3. The van der Waals surface area contributed by atoms with Crippen molar-refractivity contribution in [1.82, 2.24) is 35.0 Å². The van der Waals surface area contributed by atoms with Crippen molar-refractivity contribution in [2.24, 2.45) is 29.6 Å². The molecule has 10 nitrogen and oxygen atoms in total. The fourth-order valence-electron chi connectivity index (χ4n) is 6.55. The van der Waals surface area contributed by atoms with Crippen LogP contribution in [0, 0.1) is 29.6 Å². The number of hydrogen-bond donors (Lipinski definition) is 2. The van der Waals surface area contributed by atoms with Gasteiger partial charge in [-0.1, -0.05) is 0 Å². The Labute approximate surface area is 241 Å². The molecular formula is C29H36F3N7O3. The number of halogens is 3. The standard InChI is InChI=1S/C29H36F3N7O3/c1-3-38-23(10-11-34-38)28(41)36-26(25(16-4-5-16)17-6-7-17)22-14-39-24(35-22)9-8-21(37-39)20(15-42-2)19-12-18(29(30,31)32)13-33-27(19)40/h8-11,14,16-20,25-26H,3-7,12-13,15H2,1-2H3,(H,33,40)(H,36,41)/t18-,19?,20?,26-/m1/s1. The number of amides is 2. The molecule has 3 aromatic heterocycles. The van der Waals surface area contributed by atoms with Gasteiger partial charge in [0.05, 0.1) is 36.2 Å². The monoisotopic (exact) mass is 587 g/mol. The molecule has 1 aliphatic heterocycles. The quantitative estimate of drug-likeness (QED) is 0.352. The van der Waals surface area contributed by atoms with Crippen LogP contribution < -0.4 is 10.6 Å². The molecule has 0 aromatic carbocycles. The van der Waals surface area contributed by atoms with Crippen LogP contribution in [0.2, 0.25) is 0 Å². The van der Waals surface area contributed by atoms with Crippen molar-refractivity contribution in [3.05, 3.63) is 47.7 Å². The maximum atomic E-state index is 13.5. The smallest absolute Gasteiger partial charge is 0.384 e. The molecule has 2 unspecified atom stereocenters. The Hall–Kier alpha value is -3.48. The molecule has 0 spiro atoms. The van der Waals surface area contributed by atoms with Crippen molar-refractivity contribution < 1.29 is 27.5 Å². The van der Waals surface area contributed by atoms with Crippen LogP contribution in [0.15, 0.2) is 30.6 Å². The number of carbonyl (C=O) groups excluding carboxylic acids is 2. The van der Waals surface area contributed by atoms with E-state index in [1.807, 2.05) is 6.92 Å². The van der Waals surface area contributed by atoms with Gasteiger partial charge in [0.15, 0.2) is 5.65 Å². The van der Waals surface area contributed by atoms with E-state index in [1.165, 1.54) is 7.11 Å². The third kappa shape index (κ3) is 5.75. The van der Waals surface area contributed by atoms with Crippen molar-refractivity contribution in [2.45, 2.75) is 63.7 Å². The topological polar surface area (TPSA) is 115 Å². The second-order valence-corrected chi connectivity index (χ2v) is 11.9. The first-order chi connectivity index (χ1) is 20.2. The Morgan fingerprint density at radius 3 is 2.55 bits per heavy atom. The van der Waals surface area contributed by atoms with Crippen LogP contribution in [0.4, 0.5) is 13.2 Å². The maximum absolute atomic E-state index is 13.5. The zero-order valence-corrected chi connectivity index (χ0v) is 23.7. The lowest BCUT2D eigenvalue weighted by Crippen LogP contribution is -2.48. The molecule has 6 rings (SSSR count). The van der Waals surface area contributed by atoms with Gasteiger partial charge in [0.1, 0.15) is 5.69 Å². The molecule has 42 heavy (non-hydrogen) atoms. The highest BCUT2D eigenvalue weighted by Crippen LogP contribution is 2.54. The van der Waals surface area contributed by atoms with E-state index in [1.54, 1.807) is 39.8 Å². The average Bonchev–Trinajstić information content (AvgIpc) is 3.89. The van der Waals surface area contributed by atoms with Crippen molar-refractivity contribution in [1.29, 1.82) is 0 Å². The number of hydrogen-bond acceptors (Lipinski definition) is 6. The van der Waals surface area contributed by atoms with Crippen LogP contribution >= 0.6 is 0 Å². The molecule has 3 aliphatic rings. The summed E-state index contributed by atoms with van der Waals surface area (Å²) in [4.78, 5) is 31.0. The van der Waals surface area contributed by atoms with Gasteiger partial charge >= 0.3 is 6.18 Å². The van der Waals surface area contributed by atoms with Gasteiger partial charge in [-0.15, -0.1) is 0 Å². The van der Waals surface area contributed by atoms with E-state index in [9.17, 15) is 22.8 Å². The van der Waals surface area contributed by atoms with Crippen LogP contribution in [-0.2, 0) is 16.1 Å². The van der Waals surface area contributed by atoms with Gasteiger partial charge in [0.2, 0.25) is 5.91 Å². The molecule has 2 saturated carbocycles. The minimum absolute atomic E-state index is 0.0396. The summed E-state index contributed by atoms with van der Waals surface area (Å²) in [6, 6.07) is 4.84. The molecule has 0 bridgehead atoms. The van der Waals surface area contributed by atoms with Crippen LogP contribution in [0.25, 0.3) is 5.65 Å². The number of rotatable bonds is 11. The molecule has 2 aliphatic carbocycles. The molecule has 2 amide bonds. The van der Waals surface area contributed by atoms with Crippen molar-refractivity contribution >= 4 is 17.5 Å². The molecule has 4 atom stereocenters. The van der Waals surface area contributed by atoms with E-state index in [0.29, 0.717) is 41.1 Å². The molecule has 3 fully saturated rings. The summed E-state index contributed by atoms with van der Waals surface area (Å²) >= 11 is 0. The summed E-state index contributed by atoms with van der Waals surface area (Å²) in [5.41, 5.74) is 2.18. The fourth-order valence-corrected chi connectivity index (χ4v) is 6.55. The lowest BCUT2D eigenvalue weighted by Gasteiger charge is -2.34. The van der Waals surface area contributed by atoms with E-state index in [4.69, 9.17) is 14.8 Å². The molecule has 2 N–H and O–H groups in total. The average molecular weight is 588 g/mol. The first-order valence-corrected chi connectivity index (χ1v) is 14.7. The van der Waals surface area contributed by atoms with Gasteiger partial charge < -0.3 is 15.4 Å². The zero-order chi connectivity index (χ0) is 29.6. The molecule has 4 heterocycles. The second kappa shape index (κ2) is 11.3. The predicted octanol–water partition coefficient (Wildman–Crippen LogP) is 3.90. The fraction of sp³-hybridized carbons (Fsp3) is 0.621. The highest BCUT2D eigenvalue weighted by atomic mass is 19.4. The van der Waals surface area contributed by atoms with E-state index >= 15 is 0 Å². The summed E-state index contributed by atoms with van der Waals surface area (Å²) in [6.07, 6.45) is 3.16. The molecular weight excluding hydrogens is 551 g/mol. The summed E-state index contributed by atoms with van der Waals surface area (Å²) in [6.45, 7) is 2.12. The number of nitrogens with zero attached hydrogens (tertiary/aromatic N) is 5. The predicted molar refractivity (Wildman–Crippen MR) is 145 cm³/mol. The maximum Gasteiger partial charge on any atom is 0.393 e. The lowest BCUT2D eigenvalue weighted by molar-refractivity contribution is -0.184. The van der Waals surface area contributed by atoms with Gasteiger partial charge in [-0.2, -0.15) is 23.4 Å². The number of aromatic nitrogens is 5. The van der Waals surface area contributed by atoms with Gasteiger partial charge in [-0.05, 0) is 75.0 Å². The molecule has 0 radical (unpaired) electrons. The van der Waals surface area contributed by atoms with Gasteiger partial charge in [-0.3, -0.25) is 14.3 Å². The minimum Gasteiger partial charge on any atom is -0.384 e. The van der Waals surface area contributed by atoms with Crippen LogP contribution in [-0.4, -0.2) is 62.6 Å².